The number of rotatable bonds is 2. The lowest BCUT2D eigenvalue weighted by molar-refractivity contribution is 0.190. The van der Waals surface area contributed by atoms with E-state index >= 15 is 0 Å². The quantitative estimate of drug-likeness (QED) is 0.911. The lowest BCUT2D eigenvalue weighted by atomic mass is 10.1. The highest BCUT2D eigenvalue weighted by Crippen LogP contribution is 2.26. The third-order valence-corrected chi connectivity index (χ3v) is 3.57. The van der Waals surface area contributed by atoms with Gasteiger partial charge in [-0.3, -0.25) is 0 Å². The summed E-state index contributed by atoms with van der Waals surface area (Å²) in [7, 11) is -3.40. The summed E-state index contributed by atoms with van der Waals surface area (Å²) in [6.07, 6.45) is 0.428. The predicted octanol–water partition coefficient (Wildman–Crippen LogP) is 2.63. The van der Waals surface area contributed by atoms with Crippen molar-refractivity contribution in [3.05, 3.63) is 23.2 Å². The SMILES string of the molecule is CC(C)(C)NC(=O)Oc1ccc(S(C)(=O)=O)c(Cl)c1. The maximum Gasteiger partial charge on any atom is 0.413 e. The van der Waals surface area contributed by atoms with Crippen LogP contribution in [0.4, 0.5) is 4.79 Å². The average molecular weight is 306 g/mol. The van der Waals surface area contributed by atoms with Gasteiger partial charge in [-0.1, -0.05) is 11.6 Å². The Bertz CT molecular complexity index is 590. The molecule has 0 heterocycles. The number of sulfone groups is 1. The lowest BCUT2D eigenvalue weighted by Gasteiger charge is -2.19. The number of amides is 1. The molecular weight excluding hydrogens is 290 g/mol. The maximum absolute atomic E-state index is 11.5. The minimum Gasteiger partial charge on any atom is -0.410 e. The van der Waals surface area contributed by atoms with Gasteiger partial charge < -0.3 is 10.1 Å². The zero-order valence-electron chi connectivity index (χ0n) is 11.2. The third-order valence-electron chi connectivity index (χ3n) is 1.99. The summed E-state index contributed by atoms with van der Waals surface area (Å²) in [5.41, 5.74) is -0.423. The first-order valence-electron chi connectivity index (χ1n) is 5.49. The molecule has 1 N–H and O–H groups in total. The number of hydrogen-bond acceptors (Lipinski definition) is 4. The van der Waals surface area contributed by atoms with Crippen molar-refractivity contribution in [1.29, 1.82) is 0 Å². The Morgan fingerprint density at radius 3 is 2.32 bits per heavy atom. The van der Waals surface area contributed by atoms with Crippen LogP contribution in [0.3, 0.4) is 0 Å². The van der Waals surface area contributed by atoms with Crippen molar-refractivity contribution >= 4 is 27.5 Å². The van der Waals surface area contributed by atoms with Gasteiger partial charge in [0.2, 0.25) is 0 Å². The van der Waals surface area contributed by atoms with Crippen LogP contribution in [0.25, 0.3) is 0 Å². The molecule has 0 saturated carbocycles. The molecule has 0 aliphatic heterocycles. The molecule has 5 nitrogen and oxygen atoms in total. The molecule has 1 amide bonds. The first kappa shape index (κ1) is 15.8. The summed E-state index contributed by atoms with van der Waals surface area (Å²) < 4.78 is 27.8. The molecule has 7 heteroatoms. The van der Waals surface area contributed by atoms with Crippen molar-refractivity contribution in [2.75, 3.05) is 6.26 Å². The van der Waals surface area contributed by atoms with Gasteiger partial charge in [0.1, 0.15) is 5.75 Å². The second-order valence-electron chi connectivity index (χ2n) is 5.13. The molecule has 1 rings (SSSR count). The normalized spacial score (nSPS) is 12.1. The van der Waals surface area contributed by atoms with Gasteiger partial charge in [0.05, 0.1) is 9.92 Å². The average Bonchev–Trinajstić information content (AvgIpc) is 2.11. The summed E-state index contributed by atoms with van der Waals surface area (Å²) in [6.45, 7) is 5.44. The maximum atomic E-state index is 11.5. The number of benzene rings is 1. The summed E-state index contributed by atoms with van der Waals surface area (Å²) in [6, 6.07) is 3.97. The Balaban J connectivity index is 2.89. The van der Waals surface area contributed by atoms with Crippen LogP contribution < -0.4 is 10.1 Å². The molecule has 0 aromatic heterocycles. The molecule has 0 fully saturated rings. The van der Waals surface area contributed by atoms with Crippen LogP contribution in [0.2, 0.25) is 5.02 Å². The molecule has 19 heavy (non-hydrogen) atoms. The van der Waals surface area contributed by atoms with Gasteiger partial charge in [0, 0.05) is 17.9 Å². The molecule has 106 valence electrons. The van der Waals surface area contributed by atoms with Crippen LogP contribution in [-0.2, 0) is 9.84 Å². The molecular formula is C12H16ClNO4S. The summed E-state index contributed by atoms with van der Waals surface area (Å²) >= 11 is 5.84. The van der Waals surface area contributed by atoms with Gasteiger partial charge >= 0.3 is 6.09 Å². The summed E-state index contributed by atoms with van der Waals surface area (Å²) in [5, 5.41) is 2.63. The van der Waals surface area contributed by atoms with E-state index in [0.29, 0.717) is 0 Å². The fraction of sp³-hybridized carbons (Fsp3) is 0.417. The molecule has 0 aliphatic rings. The highest BCUT2D eigenvalue weighted by atomic mass is 35.5. The fourth-order valence-electron chi connectivity index (χ4n) is 1.28. The number of hydrogen-bond donors (Lipinski definition) is 1. The van der Waals surface area contributed by atoms with Gasteiger partial charge in [-0.05, 0) is 32.9 Å². The Morgan fingerprint density at radius 1 is 1.32 bits per heavy atom. The van der Waals surface area contributed by atoms with Crippen LogP contribution in [0, 0.1) is 0 Å². The Hall–Kier alpha value is -1.27. The molecule has 0 bridgehead atoms. The standard InChI is InChI=1S/C12H16ClNO4S/c1-12(2,3)14-11(15)18-8-5-6-10(9(13)7-8)19(4,16)17/h5-7H,1-4H3,(H,14,15). The van der Waals surface area contributed by atoms with Crippen LogP contribution in [0.15, 0.2) is 23.1 Å². The van der Waals surface area contributed by atoms with E-state index in [2.05, 4.69) is 5.32 Å². The highest BCUT2D eigenvalue weighted by molar-refractivity contribution is 7.90. The highest BCUT2D eigenvalue weighted by Gasteiger charge is 2.17. The van der Waals surface area contributed by atoms with Crippen molar-refractivity contribution in [3.8, 4) is 5.75 Å². The van der Waals surface area contributed by atoms with Gasteiger partial charge in [0.25, 0.3) is 0 Å². The van der Waals surface area contributed by atoms with Crippen molar-refractivity contribution < 1.29 is 17.9 Å². The van der Waals surface area contributed by atoms with Crippen molar-refractivity contribution in [2.24, 2.45) is 0 Å². The van der Waals surface area contributed by atoms with Crippen LogP contribution in [-0.4, -0.2) is 26.3 Å². The second-order valence-corrected chi connectivity index (χ2v) is 7.52. The minimum absolute atomic E-state index is 0.00209. The van der Waals surface area contributed by atoms with Gasteiger partial charge in [-0.15, -0.1) is 0 Å². The zero-order valence-corrected chi connectivity index (χ0v) is 12.7. The molecule has 0 radical (unpaired) electrons. The topological polar surface area (TPSA) is 72.5 Å². The molecule has 1 aromatic carbocycles. The Kier molecular flexibility index (Phi) is 4.47. The lowest BCUT2D eigenvalue weighted by Crippen LogP contribution is -2.42. The van der Waals surface area contributed by atoms with Crippen LogP contribution in [0.1, 0.15) is 20.8 Å². The molecule has 0 unspecified atom stereocenters. The zero-order chi connectivity index (χ0) is 14.8. The van der Waals surface area contributed by atoms with E-state index in [1.165, 1.54) is 18.2 Å². The van der Waals surface area contributed by atoms with E-state index in [-0.39, 0.29) is 15.7 Å². The van der Waals surface area contributed by atoms with Gasteiger partial charge in [-0.2, -0.15) is 0 Å². The van der Waals surface area contributed by atoms with Crippen LogP contribution >= 0.6 is 11.6 Å². The summed E-state index contributed by atoms with van der Waals surface area (Å²) in [4.78, 5) is 11.5. The predicted molar refractivity (Wildman–Crippen MR) is 73.5 cm³/mol. The molecule has 0 saturated heterocycles. The Morgan fingerprint density at radius 2 is 1.89 bits per heavy atom. The van der Waals surface area contributed by atoms with E-state index in [9.17, 15) is 13.2 Å². The smallest absolute Gasteiger partial charge is 0.410 e. The molecule has 0 atom stereocenters. The van der Waals surface area contributed by atoms with E-state index in [0.717, 1.165) is 6.26 Å². The first-order valence-corrected chi connectivity index (χ1v) is 7.75. The largest absolute Gasteiger partial charge is 0.413 e. The van der Waals surface area contributed by atoms with E-state index < -0.39 is 21.5 Å². The fourth-order valence-corrected chi connectivity index (χ4v) is 2.60. The van der Waals surface area contributed by atoms with Crippen molar-refractivity contribution in [1.82, 2.24) is 5.32 Å². The van der Waals surface area contributed by atoms with Crippen LogP contribution in [0.5, 0.6) is 5.75 Å². The molecule has 0 aliphatic carbocycles. The monoisotopic (exact) mass is 305 g/mol. The number of carbonyl (C=O) groups excluding carboxylic acids is 1. The number of nitrogens with one attached hydrogen (secondary N) is 1. The second kappa shape index (κ2) is 5.38. The summed E-state index contributed by atoms with van der Waals surface area (Å²) in [5.74, 6) is 0.180. The van der Waals surface area contributed by atoms with Crippen molar-refractivity contribution in [3.63, 3.8) is 0 Å². The third kappa shape index (κ3) is 5.08. The molecule has 0 spiro atoms. The Labute approximate surface area is 117 Å². The van der Waals surface area contributed by atoms with E-state index in [1.807, 2.05) is 20.8 Å². The van der Waals surface area contributed by atoms with Gasteiger partial charge in [0.15, 0.2) is 9.84 Å². The number of halogens is 1. The van der Waals surface area contributed by atoms with Crippen molar-refractivity contribution in [2.45, 2.75) is 31.2 Å². The number of carbonyl (C=O) groups is 1. The van der Waals surface area contributed by atoms with Gasteiger partial charge in [-0.25, -0.2) is 13.2 Å². The first-order chi connectivity index (χ1) is 8.49. The molecule has 1 aromatic rings. The minimum atomic E-state index is -3.40. The van der Waals surface area contributed by atoms with E-state index in [1.54, 1.807) is 0 Å². The van der Waals surface area contributed by atoms with E-state index in [4.69, 9.17) is 16.3 Å². The number of ether oxygens (including phenoxy) is 1.